The monoisotopic (exact) mass is 265 g/mol. The van der Waals surface area contributed by atoms with Crippen LogP contribution in [0.25, 0.3) is 10.8 Å². The van der Waals surface area contributed by atoms with Gasteiger partial charge in [0.2, 0.25) is 0 Å². The molecule has 76 valence electrons. The molecule has 4 heteroatoms. The number of ether oxygens (including phenoxy) is 1. The van der Waals surface area contributed by atoms with E-state index >= 15 is 0 Å². The second-order valence-corrected chi connectivity index (χ2v) is 3.93. The molecule has 0 aliphatic rings. The summed E-state index contributed by atoms with van der Waals surface area (Å²) in [5, 5.41) is 1.76. The van der Waals surface area contributed by atoms with E-state index in [9.17, 15) is 4.79 Å². The highest BCUT2D eigenvalue weighted by atomic mass is 79.9. The Morgan fingerprint density at radius 3 is 2.93 bits per heavy atom. The Morgan fingerprint density at radius 2 is 2.20 bits per heavy atom. The van der Waals surface area contributed by atoms with E-state index in [1.54, 1.807) is 6.20 Å². The van der Waals surface area contributed by atoms with Crippen LogP contribution in [0.2, 0.25) is 0 Å². The van der Waals surface area contributed by atoms with E-state index < -0.39 is 5.97 Å². The quantitative estimate of drug-likeness (QED) is 0.745. The molecule has 15 heavy (non-hydrogen) atoms. The minimum absolute atomic E-state index is 0.344. The van der Waals surface area contributed by atoms with Crippen LogP contribution in [0.1, 0.15) is 10.5 Å². The fraction of sp³-hybridized carbons (Fsp3) is 0.0909. The Morgan fingerprint density at radius 1 is 1.40 bits per heavy atom. The van der Waals surface area contributed by atoms with Gasteiger partial charge in [0, 0.05) is 16.1 Å². The number of fused-ring (bicyclic) bond motifs is 1. The summed E-state index contributed by atoms with van der Waals surface area (Å²) in [7, 11) is 1.35. The molecule has 1 aromatic heterocycles. The van der Waals surface area contributed by atoms with Crippen molar-refractivity contribution in [3.63, 3.8) is 0 Å². The van der Waals surface area contributed by atoms with Crippen molar-refractivity contribution in [1.82, 2.24) is 4.98 Å². The normalized spacial score (nSPS) is 10.3. The van der Waals surface area contributed by atoms with Crippen molar-refractivity contribution in [2.24, 2.45) is 0 Å². The van der Waals surface area contributed by atoms with E-state index in [2.05, 4.69) is 25.7 Å². The lowest BCUT2D eigenvalue weighted by Crippen LogP contribution is -2.04. The maximum Gasteiger partial charge on any atom is 0.357 e. The average molecular weight is 266 g/mol. The van der Waals surface area contributed by atoms with Crippen LogP contribution in [0.15, 0.2) is 34.9 Å². The zero-order valence-electron chi connectivity index (χ0n) is 8.03. The standard InChI is InChI=1S/C11H8BrNO2/c1-15-11(14)10-9-6-8(12)3-2-7(9)4-5-13-10/h2-6H,1H3. The van der Waals surface area contributed by atoms with Gasteiger partial charge < -0.3 is 4.74 Å². The van der Waals surface area contributed by atoms with E-state index in [4.69, 9.17) is 0 Å². The molecule has 0 aliphatic heterocycles. The fourth-order valence-corrected chi connectivity index (χ4v) is 1.76. The summed E-state index contributed by atoms with van der Waals surface area (Å²) in [6, 6.07) is 7.56. The summed E-state index contributed by atoms with van der Waals surface area (Å²) >= 11 is 3.36. The van der Waals surface area contributed by atoms with E-state index in [0.29, 0.717) is 5.69 Å². The van der Waals surface area contributed by atoms with Crippen molar-refractivity contribution in [2.75, 3.05) is 7.11 Å². The summed E-state index contributed by atoms with van der Waals surface area (Å²) in [4.78, 5) is 15.5. The van der Waals surface area contributed by atoms with Crippen molar-refractivity contribution in [3.05, 3.63) is 40.6 Å². The molecule has 0 aliphatic carbocycles. The molecule has 0 amide bonds. The number of hydrogen-bond acceptors (Lipinski definition) is 3. The minimum Gasteiger partial charge on any atom is -0.464 e. The number of nitrogens with zero attached hydrogens (tertiary/aromatic N) is 1. The molecule has 0 atom stereocenters. The van der Waals surface area contributed by atoms with Crippen molar-refractivity contribution in [2.45, 2.75) is 0 Å². The van der Waals surface area contributed by atoms with Crippen LogP contribution in [0.3, 0.4) is 0 Å². The first-order valence-electron chi connectivity index (χ1n) is 4.35. The van der Waals surface area contributed by atoms with Gasteiger partial charge in [-0.05, 0) is 23.6 Å². The first kappa shape index (κ1) is 10.1. The van der Waals surface area contributed by atoms with Crippen LogP contribution in [0, 0.1) is 0 Å². The highest BCUT2D eigenvalue weighted by Gasteiger charge is 2.11. The van der Waals surface area contributed by atoms with Crippen molar-refractivity contribution < 1.29 is 9.53 Å². The van der Waals surface area contributed by atoms with Crippen molar-refractivity contribution in [1.29, 1.82) is 0 Å². The van der Waals surface area contributed by atoms with Crippen LogP contribution >= 0.6 is 15.9 Å². The number of halogens is 1. The smallest absolute Gasteiger partial charge is 0.357 e. The second-order valence-electron chi connectivity index (χ2n) is 3.02. The van der Waals surface area contributed by atoms with Gasteiger partial charge in [0.15, 0.2) is 5.69 Å². The van der Waals surface area contributed by atoms with Crippen LogP contribution in [-0.2, 0) is 4.74 Å². The lowest BCUT2D eigenvalue weighted by molar-refractivity contribution is 0.0596. The highest BCUT2D eigenvalue weighted by molar-refractivity contribution is 9.10. The SMILES string of the molecule is COC(=O)c1nccc2ccc(Br)cc12. The molecule has 0 unspecified atom stereocenters. The number of hydrogen-bond donors (Lipinski definition) is 0. The molecule has 1 heterocycles. The van der Waals surface area contributed by atoms with E-state index in [1.165, 1.54) is 7.11 Å². The third-order valence-electron chi connectivity index (χ3n) is 2.11. The van der Waals surface area contributed by atoms with E-state index in [0.717, 1.165) is 15.2 Å². The van der Waals surface area contributed by atoms with Gasteiger partial charge in [-0.1, -0.05) is 22.0 Å². The second kappa shape index (κ2) is 3.98. The molecule has 0 bridgehead atoms. The Labute approximate surface area is 95.2 Å². The number of benzene rings is 1. The van der Waals surface area contributed by atoms with Gasteiger partial charge in [-0.3, -0.25) is 0 Å². The summed E-state index contributed by atoms with van der Waals surface area (Å²) in [5.74, 6) is -0.418. The molecule has 2 aromatic rings. The van der Waals surface area contributed by atoms with Gasteiger partial charge in [0.05, 0.1) is 7.11 Å². The summed E-state index contributed by atoms with van der Waals surface area (Å²) in [6.07, 6.45) is 1.60. The van der Waals surface area contributed by atoms with Gasteiger partial charge in [-0.15, -0.1) is 0 Å². The molecule has 2 rings (SSSR count). The molecule has 0 radical (unpaired) electrons. The van der Waals surface area contributed by atoms with Crippen LogP contribution in [0.4, 0.5) is 0 Å². The third-order valence-corrected chi connectivity index (χ3v) is 2.60. The summed E-state index contributed by atoms with van der Waals surface area (Å²) < 4.78 is 5.58. The number of methoxy groups -OCH3 is 1. The zero-order valence-corrected chi connectivity index (χ0v) is 9.61. The van der Waals surface area contributed by atoms with Crippen LogP contribution in [0.5, 0.6) is 0 Å². The predicted octanol–water partition coefficient (Wildman–Crippen LogP) is 2.78. The van der Waals surface area contributed by atoms with Crippen LogP contribution < -0.4 is 0 Å². The van der Waals surface area contributed by atoms with Crippen molar-refractivity contribution in [3.8, 4) is 0 Å². The molecule has 3 nitrogen and oxygen atoms in total. The summed E-state index contributed by atoms with van der Waals surface area (Å²) in [6.45, 7) is 0. The number of esters is 1. The van der Waals surface area contributed by atoms with Gasteiger partial charge in [0.25, 0.3) is 0 Å². The molecule has 1 aromatic carbocycles. The fourth-order valence-electron chi connectivity index (χ4n) is 1.40. The minimum atomic E-state index is -0.418. The molecular weight excluding hydrogens is 258 g/mol. The number of carbonyl (C=O) groups excluding carboxylic acids is 1. The number of carbonyl (C=O) groups is 1. The Bertz CT molecular complexity index is 525. The van der Waals surface area contributed by atoms with Gasteiger partial charge in [0.1, 0.15) is 0 Å². The number of pyridine rings is 1. The largest absolute Gasteiger partial charge is 0.464 e. The van der Waals surface area contributed by atoms with E-state index in [-0.39, 0.29) is 0 Å². The number of aromatic nitrogens is 1. The molecule has 0 spiro atoms. The van der Waals surface area contributed by atoms with Crippen molar-refractivity contribution >= 4 is 32.7 Å². The van der Waals surface area contributed by atoms with Gasteiger partial charge in [-0.25, -0.2) is 9.78 Å². The first-order chi connectivity index (χ1) is 7.22. The maximum atomic E-state index is 11.4. The average Bonchev–Trinajstić information content (AvgIpc) is 2.27. The third kappa shape index (κ3) is 1.85. The Kier molecular flexibility index (Phi) is 2.68. The summed E-state index contributed by atoms with van der Waals surface area (Å²) in [5.41, 5.74) is 0.344. The Hall–Kier alpha value is -1.42. The van der Waals surface area contributed by atoms with Crippen LogP contribution in [-0.4, -0.2) is 18.1 Å². The van der Waals surface area contributed by atoms with Gasteiger partial charge >= 0.3 is 5.97 Å². The van der Waals surface area contributed by atoms with Gasteiger partial charge in [-0.2, -0.15) is 0 Å². The van der Waals surface area contributed by atoms with E-state index in [1.807, 2.05) is 24.3 Å². The first-order valence-corrected chi connectivity index (χ1v) is 5.14. The highest BCUT2D eigenvalue weighted by Crippen LogP contribution is 2.22. The molecule has 0 fully saturated rings. The maximum absolute atomic E-state index is 11.4. The predicted molar refractivity (Wildman–Crippen MR) is 60.8 cm³/mol. The molecule has 0 N–H and O–H groups in total. The Balaban J connectivity index is 2.74. The lowest BCUT2D eigenvalue weighted by atomic mass is 10.1. The molecular formula is C11H8BrNO2. The molecule has 0 saturated carbocycles. The zero-order chi connectivity index (χ0) is 10.8. The number of rotatable bonds is 1. The lowest BCUT2D eigenvalue weighted by Gasteiger charge is -2.03. The topological polar surface area (TPSA) is 39.2 Å². The molecule has 0 saturated heterocycles.